The molecule has 0 heterocycles. The van der Waals surface area contributed by atoms with E-state index in [1.807, 2.05) is 0 Å². The number of anilines is 1. The van der Waals surface area contributed by atoms with Gasteiger partial charge < -0.3 is 10.6 Å². The minimum atomic E-state index is -6.26. The highest BCUT2D eigenvalue weighted by Gasteiger charge is 2.76. The van der Waals surface area contributed by atoms with Gasteiger partial charge >= 0.3 is 18.0 Å². The number of alkyl halides is 8. The highest BCUT2D eigenvalue weighted by molar-refractivity contribution is 9.09. The number of halogens is 8. The fraction of sp³-hybridized carbons (Fsp3) is 0.200. The molecule has 0 radical (unpaired) electrons. The molecule has 1 atom stereocenters. The lowest BCUT2D eigenvalue weighted by atomic mass is 9.91. The van der Waals surface area contributed by atoms with Crippen LogP contribution in [0.25, 0.3) is 0 Å². The normalized spacial score (nSPS) is 13.1. The highest BCUT2D eigenvalue weighted by Crippen LogP contribution is 2.56. The van der Waals surface area contributed by atoms with Gasteiger partial charge in [0.05, 0.1) is 4.83 Å². The average Bonchev–Trinajstić information content (AvgIpc) is 2.85. The third-order valence-electron chi connectivity index (χ3n) is 5.36. The van der Waals surface area contributed by atoms with E-state index in [0.29, 0.717) is 5.56 Å². The summed E-state index contributed by atoms with van der Waals surface area (Å²) in [5.74, 6) is -1.16. The van der Waals surface area contributed by atoms with Crippen molar-refractivity contribution in [1.29, 1.82) is 0 Å². The Bertz CT molecular complexity index is 1250. The highest BCUT2D eigenvalue weighted by atomic mass is 79.9. The van der Waals surface area contributed by atoms with Crippen molar-refractivity contribution in [2.24, 2.45) is 0 Å². The van der Waals surface area contributed by atoms with E-state index in [1.165, 1.54) is 36.4 Å². The van der Waals surface area contributed by atoms with Crippen molar-refractivity contribution in [3.05, 3.63) is 101 Å². The Labute approximate surface area is 215 Å². The third-order valence-corrected chi connectivity index (χ3v) is 6.48. The fourth-order valence-corrected chi connectivity index (χ4v) is 4.38. The number of benzene rings is 3. The summed E-state index contributed by atoms with van der Waals surface area (Å²) in [5, 5.41) is 5.01. The summed E-state index contributed by atoms with van der Waals surface area (Å²) >= 11 is 2.27. The van der Waals surface area contributed by atoms with Crippen LogP contribution in [0.2, 0.25) is 0 Å². The molecule has 1 unspecified atom stereocenters. The van der Waals surface area contributed by atoms with E-state index in [4.69, 9.17) is 0 Å². The number of hydrogen-bond donors (Lipinski definition) is 2. The predicted octanol–water partition coefficient (Wildman–Crippen LogP) is 7.14. The van der Waals surface area contributed by atoms with Crippen molar-refractivity contribution in [2.75, 3.05) is 5.32 Å². The van der Waals surface area contributed by atoms with Gasteiger partial charge in [0.1, 0.15) is 0 Å². The molecule has 2 N–H and O–H groups in total. The first-order chi connectivity index (χ1) is 17.3. The van der Waals surface area contributed by atoms with Gasteiger partial charge in [0.2, 0.25) is 0 Å². The van der Waals surface area contributed by atoms with Crippen LogP contribution in [-0.4, -0.2) is 29.8 Å². The standard InChI is InChI=1S/C25H18BrF7N2O2/c26-20(23(27,24(28,29)30)25(31,32)33)19-12-5-4-9-17(19)14-34-21(36)16-10-6-11-18(13-16)35-22(37)15-7-2-1-3-8-15/h1-13,20H,14H2,(H,34,36)(H,35,37). The Hall–Kier alpha value is -3.41. The molecule has 0 spiro atoms. The molecule has 0 aliphatic carbocycles. The average molecular weight is 591 g/mol. The second-order valence-corrected chi connectivity index (χ2v) is 8.77. The Kier molecular flexibility index (Phi) is 8.31. The van der Waals surface area contributed by atoms with Crippen LogP contribution >= 0.6 is 15.9 Å². The SMILES string of the molecule is O=C(NCc1ccccc1C(Br)C(F)(C(F)(F)F)C(F)(F)F)c1cccc(NC(=O)c2ccccc2)c1. The molecule has 0 fully saturated rings. The molecule has 4 nitrogen and oxygen atoms in total. The molecule has 3 aromatic rings. The number of carbonyl (C=O) groups excluding carboxylic acids is 2. The first kappa shape index (κ1) is 28.2. The molecule has 37 heavy (non-hydrogen) atoms. The lowest BCUT2D eigenvalue weighted by Crippen LogP contribution is -2.56. The first-order valence-electron chi connectivity index (χ1n) is 10.5. The number of hydrogen-bond acceptors (Lipinski definition) is 2. The molecule has 3 aromatic carbocycles. The molecule has 12 heteroatoms. The zero-order valence-electron chi connectivity index (χ0n) is 18.6. The molecule has 0 saturated heterocycles. The van der Waals surface area contributed by atoms with E-state index in [2.05, 4.69) is 26.6 Å². The third kappa shape index (κ3) is 6.12. The van der Waals surface area contributed by atoms with Crippen LogP contribution < -0.4 is 10.6 Å². The van der Waals surface area contributed by atoms with Crippen LogP contribution in [0.5, 0.6) is 0 Å². The lowest BCUT2D eigenvalue weighted by molar-refractivity contribution is -0.341. The summed E-state index contributed by atoms with van der Waals surface area (Å²) in [6.45, 7) is -0.497. The molecule has 0 aliphatic rings. The summed E-state index contributed by atoms with van der Waals surface area (Å²) in [6, 6.07) is 18.6. The maximum Gasteiger partial charge on any atom is 0.433 e. The van der Waals surface area contributed by atoms with Crippen molar-refractivity contribution < 1.29 is 40.3 Å². The summed E-state index contributed by atoms with van der Waals surface area (Å²) in [5.41, 5.74) is -5.67. The van der Waals surface area contributed by atoms with Crippen molar-refractivity contribution >= 4 is 33.4 Å². The van der Waals surface area contributed by atoms with Gasteiger partial charge in [-0.15, -0.1) is 0 Å². The smallest absolute Gasteiger partial charge is 0.348 e. The van der Waals surface area contributed by atoms with Crippen LogP contribution in [0, 0.1) is 0 Å². The Balaban J connectivity index is 1.78. The summed E-state index contributed by atoms with van der Waals surface area (Å²) in [4.78, 5) is 22.1. The first-order valence-corrected chi connectivity index (χ1v) is 11.5. The Morgan fingerprint density at radius 3 is 1.92 bits per heavy atom. The topological polar surface area (TPSA) is 58.2 Å². The van der Waals surface area contributed by atoms with E-state index in [1.54, 1.807) is 30.3 Å². The Morgan fingerprint density at radius 1 is 0.730 bits per heavy atom. The van der Waals surface area contributed by atoms with Gasteiger partial charge in [-0.2, -0.15) is 26.3 Å². The number of carbonyl (C=O) groups is 2. The van der Waals surface area contributed by atoms with Gasteiger partial charge in [0, 0.05) is 23.4 Å². The largest absolute Gasteiger partial charge is 0.433 e. The van der Waals surface area contributed by atoms with Gasteiger partial charge in [-0.25, -0.2) is 4.39 Å². The van der Waals surface area contributed by atoms with Crippen molar-refractivity contribution in [2.45, 2.75) is 29.4 Å². The molecule has 0 aromatic heterocycles. The molecular weight excluding hydrogens is 573 g/mol. The Morgan fingerprint density at radius 2 is 1.30 bits per heavy atom. The zero-order chi connectivity index (χ0) is 27.4. The van der Waals surface area contributed by atoms with Crippen molar-refractivity contribution in [1.82, 2.24) is 5.32 Å². The lowest BCUT2D eigenvalue weighted by Gasteiger charge is -2.34. The zero-order valence-corrected chi connectivity index (χ0v) is 20.2. The fourth-order valence-electron chi connectivity index (χ4n) is 3.41. The second kappa shape index (κ2) is 10.9. The van der Waals surface area contributed by atoms with Gasteiger partial charge in [-0.3, -0.25) is 9.59 Å². The maximum atomic E-state index is 14.6. The predicted molar refractivity (Wildman–Crippen MR) is 126 cm³/mol. The van der Waals surface area contributed by atoms with E-state index >= 15 is 0 Å². The van der Waals surface area contributed by atoms with E-state index in [-0.39, 0.29) is 16.8 Å². The number of nitrogens with one attached hydrogen (secondary N) is 2. The second-order valence-electron chi connectivity index (χ2n) is 7.85. The number of rotatable bonds is 7. The molecule has 0 saturated carbocycles. The summed E-state index contributed by atoms with van der Waals surface area (Å²) in [7, 11) is 0. The van der Waals surface area contributed by atoms with Gasteiger partial charge in [0.25, 0.3) is 11.8 Å². The van der Waals surface area contributed by atoms with Gasteiger partial charge in [-0.05, 0) is 41.5 Å². The van der Waals surface area contributed by atoms with Crippen molar-refractivity contribution in [3.63, 3.8) is 0 Å². The molecule has 0 aliphatic heterocycles. The summed E-state index contributed by atoms with van der Waals surface area (Å²) < 4.78 is 93.9. The molecule has 196 valence electrons. The quantitative estimate of drug-likeness (QED) is 0.227. The monoisotopic (exact) mass is 590 g/mol. The minimum absolute atomic E-state index is 0.0594. The minimum Gasteiger partial charge on any atom is -0.348 e. The molecular formula is C25H18BrF7N2O2. The van der Waals surface area contributed by atoms with Crippen LogP contribution in [0.4, 0.5) is 36.4 Å². The number of amides is 2. The molecule has 2 amide bonds. The maximum absolute atomic E-state index is 14.6. The van der Waals surface area contributed by atoms with Gasteiger partial charge in [-0.1, -0.05) is 64.5 Å². The van der Waals surface area contributed by atoms with E-state index in [0.717, 1.165) is 12.1 Å². The molecule has 0 bridgehead atoms. The molecule has 3 rings (SSSR count). The summed E-state index contributed by atoms with van der Waals surface area (Å²) in [6.07, 6.45) is -12.5. The van der Waals surface area contributed by atoms with Crippen LogP contribution in [-0.2, 0) is 6.54 Å². The van der Waals surface area contributed by atoms with Crippen molar-refractivity contribution in [3.8, 4) is 0 Å². The van der Waals surface area contributed by atoms with E-state index in [9.17, 15) is 40.3 Å². The van der Waals surface area contributed by atoms with Gasteiger partial charge in [0.15, 0.2) is 0 Å². The van der Waals surface area contributed by atoms with Crippen LogP contribution in [0.1, 0.15) is 36.7 Å². The van der Waals surface area contributed by atoms with Crippen LogP contribution in [0.3, 0.4) is 0 Å². The van der Waals surface area contributed by atoms with Crippen LogP contribution in [0.15, 0.2) is 78.9 Å². The van der Waals surface area contributed by atoms with E-state index < -0.39 is 46.8 Å².